The Morgan fingerprint density at radius 1 is 1.26 bits per heavy atom. The molecule has 1 aromatic rings. The van der Waals surface area contributed by atoms with E-state index in [1.165, 1.54) is 0 Å². The number of hydrogen-bond donors (Lipinski definition) is 3. The van der Waals surface area contributed by atoms with Gasteiger partial charge in [-0.1, -0.05) is 30.3 Å². The van der Waals surface area contributed by atoms with Crippen molar-refractivity contribution in [3.05, 3.63) is 35.9 Å². The topological polar surface area (TPSA) is 144 Å². The fourth-order valence-electron chi connectivity index (χ4n) is 2.49. The van der Waals surface area contributed by atoms with Crippen molar-refractivity contribution in [3.63, 3.8) is 0 Å². The molecule has 2 atom stereocenters. The molecule has 11 heteroatoms. The Kier molecular flexibility index (Phi) is 8.03. The highest BCUT2D eigenvalue weighted by molar-refractivity contribution is 7.79. The van der Waals surface area contributed by atoms with E-state index in [1.54, 1.807) is 25.9 Å². The zero-order valence-electron chi connectivity index (χ0n) is 15.2. The molecule has 0 radical (unpaired) electrons. The number of nitrogens with one attached hydrogen (secondary N) is 1. The van der Waals surface area contributed by atoms with Gasteiger partial charge in [0.1, 0.15) is 6.04 Å². The van der Waals surface area contributed by atoms with Crippen LogP contribution in [0.1, 0.15) is 18.9 Å². The molecule has 0 saturated carbocycles. The van der Waals surface area contributed by atoms with Crippen molar-refractivity contribution in [3.8, 4) is 0 Å². The van der Waals surface area contributed by atoms with E-state index in [4.69, 9.17) is 17.5 Å². The summed E-state index contributed by atoms with van der Waals surface area (Å²) in [5.74, 6) is -0.937. The highest BCUT2D eigenvalue weighted by Gasteiger charge is 2.43. The first kappa shape index (κ1) is 22.7. The molecule has 1 aromatic carbocycles. The van der Waals surface area contributed by atoms with E-state index in [9.17, 15) is 14.4 Å². The van der Waals surface area contributed by atoms with Crippen LogP contribution in [0.15, 0.2) is 30.3 Å². The van der Waals surface area contributed by atoms with Crippen molar-refractivity contribution in [2.45, 2.75) is 32.0 Å². The fourth-order valence-corrected chi connectivity index (χ4v) is 2.49. The number of likely N-dealkylation sites (tertiary alicyclic amines) is 1. The molecule has 0 bridgehead atoms. The number of nitrogens with zero attached hydrogens (tertiary/aromatic N) is 2. The number of likely N-dealkylation sites (N-methyl/N-ethyl adjacent to an activating group) is 1. The summed E-state index contributed by atoms with van der Waals surface area (Å²) in [5.41, 5.74) is 0.966. The zero-order chi connectivity index (χ0) is 20.8. The first-order chi connectivity index (χ1) is 12.4. The van der Waals surface area contributed by atoms with Crippen molar-refractivity contribution in [2.24, 2.45) is 0 Å². The number of carbonyl (C=O) groups is 3. The van der Waals surface area contributed by atoms with Crippen LogP contribution in [0.5, 0.6) is 0 Å². The first-order valence-electron chi connectivity index (χ1n) is 7.95. The zero-order valence-corrected chi connectivity index (χ0v) is 16.0. The second-order valence-electron chi connectivity index (χ2n) is 6.11. The summed E-state index contributed by atoms with van der Waals surface area (Å²) in [7, 11) is -1.17. The van der Waals surface area contributed by atoms with Crippen molar-refractivity contribution >= 4 is 28.1 Å². The van der Waals surface area contributed by atoms with E-state index in [-0.39, 0.29) is 24.1 Å². The number of imide groups is 1. The maximum absolute atomic E-state index is 12.3. The van der Waals surface area contributed by atoms with Crippen LogP contribution < -0.4 is 5.32 Å². The molecule has 3 amide bonds. The number of rotatable bonds is 5. The summed E-state index contributed by atoms with van der Waals surface area (Å²) in [5, 5.41) is 2.76. The SMILES string of the molecule is CC(C(=O)NCc1ccccc1)N1C(=O)CC(N(C)C)C1=O.O=S(=O)(O)O. The van der Waals surface area contributed by atoms with Crippen molar-refractivity contribution in [2.75, 3.05) is 14.1 Å². The van der Waals surface area contributed by atoms with Gasteiger partial charge >= 0.3 is 10.4 Å². The minimum Gasteiger partial charge on any atom is -0.350 e. The van der Waals surface area contributed by atoms with Crippen molar-refractivity contribution < 1.29 is 31.9 Å². The lowest BCUT2D eigenvalue weighted by molar-refractivity contribution is -0.147. The van der Waals surface area contributed by atoms with Crippen molar-refractivity contribution in [1.29, 1.82) is 0 Å². The molecule has 2 rings (SSSR count). The second-order valence-corrected chi connectivity index (χ2v) is 7.01. The summed E-state index contributed by atoms with van der Waals surface area (Å²) in [4.78, 5) is 39.3. The van der Waals surface area contributed by atoms with Crippen LogP contribution in [-0.2, 0) is 31.3 Å². The van der Waals surface area contributed by atoms with Crippen LogP contribution in [0, 0.1) is 0 Å². The van der Waals surface area contributed by atoms with Gasteiger partial charge < -0.3 is 5.32 Å². The van der Waals surface area contributed by atoms with Crippen LogP contribution in [-0.4, -0.2) is 71.2 Å². The lowest BCUT2D eigenvalue weighted by Gasteiger charge is -2.23. The molecule has 150 valence electrons. The third-order valence-corrected chi connectivity index (χ3v) is 3.86. The van der Waals surface area contributed by atoms with Gasteiger partial charge in [-0.3, -0.25) is 33.3 Å². The largest absolute Gasteiger partial charge is 0.394 e. The Bertz CT molecular complexity index is 772. The summed E-state index contributed by atoms with van der Waals surface area (Å²) >= 11 is 0. The van der Waals surface area contributed by atoms with Crippen LogP contribution in [0.3, 0.4) is 0 Å². The van der Waals surface area contributed by atoms with E-state index in [0.717, 1.165) is 10.5 Å². The van der Waals surface area contributed by atoms with Gasteiger partial charge in [0, 0.05) is 6.54 Å². The molecule has 0 spiro atoms. The van der Waals surface area contributed by atoms with Crippen molar-refractivity contribution in [1.82, 2.24) is 15.1 Å². The van der Waals surface area contributed by atoms with Gasteiger partial charge in [-0.15, -0.1) is 0 Å². The van der Waals surface area contributed by atoms with Gasteiger partial charge in [0.15, 0.2) is 0 Å². The predicted octanol–water partition coefficient (Wildman–Crippen LogP) is -0.272. The average Bonchev–Trinajstić information content (AvgIpc) is 2.86. The fraction of sp³-hybridized carbons (Fsp3) is 0.438. The number of benzene rings is 1. The number of carbonyl (C=O) groups excluding carboxylic acids is 3. The lowest BCUT2D eigenvalue weighted by atomic mass is 10.2. The molecule has 1 aliphatic rings. The smallest absolute Gasteiger partial charge is 0.350 e. The summed E-state index contributed by atoms with van der Waals surface area (Å²) < 4.78 is 31.6. The molecule has 0 aromatic heterocycles. The molecule has 10 nitrogen and oxygen atoms in total. The Labute approximate surface area is 157 Å². The molecule has 1 aliphatic heterocycles. The van der Waals surface area contributed by atoms with Crippen LogP contribution in [0.2, 0.25) is 0 Å². The maximum Gasteiger partial charge on any atom is 0.394 e. The molecule has 2 unspecified atom stereocenters. The van der Waals surface area contributed by atoms with Gasteiger partial charge in [0.25, 0.3) is 0 Å². The van der Waals surface area contributed by atoms with E-state index < -0.39 is 22.5 Å². The summed E-state index contributed by atoms with van der Waals surface area (Å²) in [6.45, 7) is 1.95. The standard InChI is InChI=1S/C16H21N3O3.H2O4S/c1-11(15(21)17-10-12-7-5-4-6-8-12)19-14(20)9-13(16(19)22)18(2)3;1-5(2,3)4/h4-8,11,13H,9-10H2,1-3H3,(H,17,21);(H2,1,2,3,4). The third kappa shape index (κ3) is 7.43. The molecular weight excluding hydrogens is 378 g/mol. The normalized spacial score (nSPS) is 18.1. The molecule has 1 saturated heterocycles. The highest BCUT2D eigenvalue weighted by Crippen LogP contribution is 2.19. The minimum atomic E-state index is -4.67. The summed E-state index contributed by atoms with van der Waals surface area (Å²) in [6.07, 6.45) is 0.127. The van der Waals surface area contributed by atoms with Gasteiger partial charge in [0.2, 0.25) is 17.7 Å². The Morgan fingerprint density at radius 2 is 1.78 bits per heavy atom. The van der Waals surface area contributed by atoms with Gasteiger partial charge in [-0.2, -0.15) is 8.42 Å². The Morgan fingerprint density at radius 3 is 2.22 bits per heavy atom. The van der Waals surface area contributed by atoms with E-state index in [2.05, 4.69) is 5.32 Å². The Hall–Kier alpha value is -2.34. The number of hydrogen-bond acceptors (Lipinski definition) is 6. The van der Waals surface area contributed by atoms with Crippen LogP contribution in [0.4, 0.5) is 0 Å². The number of amides is 3. The molecule has 1 fully saturated rings. The second kappa shape index (κ2) is 9.55. The third-order valence-electron chi connectivity index (χ3n) is 3.86. The van der Waals surface area contributed by atoms with E-state index >= 15 is 0 Å². The maximum atomic E-state index is 12.3. The quantitative estimate of drug-likeness (QED) is 0.452. The van der Waals surface area contributed by atoms with Gasteiger partial charge in [0.05, 0.1) is 12.5 Å². The molecule has 3 N–H and O–H groups in total. The first-order valence-corrected chi connectivity index (χ1v) is 9.35. The molecule has 27 heavy (non-hydrogen) atoms. The molecule has 0 aliphatic carbocycles. The van der Waals surface area contributed by atoms with Crippen LogP contribution >= 0.6 is 0 Å². The minimum absolute atomic E-state index is 0.127. The predicted molar refractivity (Wildman–Crippen MR) is 95.9 cm³/mol. The average molecular weight is 401 g/mol. The van der Waals surface area contributed by atoms with Crippen LogP contribution in [0.25, 0.3) is 0 Å². The highest BCUT2D eigenvalue weighted by atomic mass is 32.3. The lowest BCUT2D eigenvalue weighted by Crippen LogP contribution is -2.49. The monoisotopic (exact) mass is 401 g/mol. The summed E-state index contributed by atoms with van der Waals surface area (Å²) in [6, 6.07) is 8.21. The van der Waals surface area contributed by atoms with E-state index in [1.807, 2.05) is 30.3 Å². The molecular formula is C16H23N3O7S. The van der Waals surface area contributed by atoms with Gasteiger partial charge in [-0.05, 0) is 26.6 Å². The Balaban J connectivity index is 0.000000646. The van der Waals surface area contributed by atoms with Gasteiger partial charge in [-0.25, -0.2) is 0 Å². The van der Waals surface area contributed by atoms with E-state index in [0.29, 0.717) is 6.54 Å². The molecule has 1 heterocycles.